The van der Waals surface area contributed by atoms with Crippen LogP contribution in [0.2, 0.25) is 0 Å². The number of carbonyl (C=O) groups excluding carboxylic acids is 1. The van der Waals surface area contributed by atoms with Gasteiger partial charge in [0.1, 0.15) is 5.82 Å². The van der Waals surface area contributed by atoms with Gasteiger partial charge in [0.25, 0.3) is 0 Å². The number of esters is 1. The van der Waals surface area contributed by atoms with Gasteiger partial charge in [-0.15, -0.1) is 6.58 Å². The SMILES string of the molecule is C=CCC1CCC[C@@](C)(NCc2ccc(F)cc2)C(C)(C(=O)OC)CC1. The van der Waals surface area contributed by atoms with Gasteiger partial charge in [-0.1, -0.05) is 31.1 Å². The van der Waals surface area contributed by atoms with E-state index in [-0.39, 0.29) is 17.3 Å². The molecule has 1 aromatic carbocycles. The Morgan fingerprint density at radius 1 is 1.31 bits per heavy atom. The predicted octanol–water partition coefficient (Wildman–Crippen LogP) is 5.01. The minimum absolute atomic E-state index is 0.161. The number of hydrogen-bond acceptors (Lipinski definition) is 3. The molecule has 26 heavy (non-hydrogen) atoms. The van der Waals surface area contributed by atoms with Crippen LogP contribution >= 0.6 is 0 Å². The summed E-state index contributed by atoms with van der Waals surface area (Å²) in [5, 5.41) is 3.61. The van der Waals surface area contributed by atoms with Crippen molar-refractivity contribution in [2.24, 2.45) is 11.3 Å². The molecule has 0 aromatic heterocycles. The molecule has 1 aliphatic rings. The van der Waals surface area contributed by atoms with E-state index < -0.39 is 5.41 Å². The number of benzene rings is 1. The van der Waals surface area contributed by atoms with Crippen LogP contribution in [0.5, 0.6) is 0 Å². The molecule has 1 fully saturated rings. The first-order chi connectivity index (χ1) is 12.3. The van der Waals surface area contributed by atoms with E-state index in [9.17, 15) is 9.18 Å². The normalized spacial score (nSPS) is 29.5. The first-order valence-electron chi connectivity index (χ1n) is 9.53. The van der Waals surface area contributed by atoms with Crippen molar-refractivity contribution >= 4 is 5.97 Å². The highest BCUT2D eigenvalue weighted by Gasteiger charge is 2.51. The van der Waals surface area contributed by atoms with Crippen LogP contribution in [0, 0.1) is 17.2 Å². The standard InChI is InChI=1S/C22H32FNO2/c1-5-7-17-8-6-14-22(3,21(2,15-13-17)20(25)26-4)24-16-18-9-11-19(23)12-10-18/h5,9-12,17,24H,1,6-8,13-16H2,2-4H3/t17?,21?,22-/m1/s1. The zero-order valence-corrected chi connectivity index (χ0v) is 16.3. The lowest BCUT2D eigenvalue weighted by atomic mass is 9.63. The first-order valence-corrected chi connectivity index (χ1v) is 9.53. The molecule has 144 valence electrons. The number of methoxy groups -OCH3 is 1. The molecule has 1 aromatic rings. The quantitative estimate of drug-likeness (QED) is 0.572. The molecule has 1 N–H and O–H groups in total. The Bertz CT molecular complexity index is 615. The second kappa shape index (κ2) is 8.81. The lowest BCUT2D eigenvalue weighted by Crippen LogP contribution is -2.59. The summed E-state index contributed by atoms with van der Waals surface area (Å²) in [6.07, 6.45) is 7.85. The third-order valence-corrected chi connectivity index (χ3v) is 6.29. The summed E-state index contributed by atoms with van der Waals surface area (Å²) in [7, 11) is 1.47. The van der Waals surface area contributed by atoms with Crippen LogP contribution < -0.4 is 5.32 Å². The topological polar surface area (TPSA) is 38.3 Å². The molecule has 0 amide bonds. The number of nitrogens with one attached hydrogen (secondary N) is 1. The van der Waals surface area contributed by atoms with Gasteiger partial charge in [-0.3, -0.25) is 4.79 Å². The van der Waals surface area contributed by atoms with E-state index in [1.807, 2.05) is 13.0 Å². The highest BCUT2D eigenvalue weighted by atomic mass is 19.1. The third kappa shape index (κ3) is 4.53. The average molecular weight is 362 g/mol. The van der Waals surface area contributed by atoms with E-state index in [0.717, 1.165) is 44.1 Å². The van der Waals surface area contributed by atoms with Crippen molar-refractivity contribution in [3.05, 3.63) is 48.3 Å². The molecule has 0 bridgehead atoms. The van der Waals surface area contributed by atoms with Crippen LogP contribution in [0.3, 0.4) is 0 Å². The number of halogens is 1. The van der Waals surface area contributed by atoms with Crippen LogP contribution in [0.1, 0.15) is 57.9 Å². The lowest BCUT2D eigenvalue weighted by Gasteiger charge is -2.47. The Hall–Kier alpha value is -1.68. The Morgan fingerprint density at radius 2 is 2.00 bits per heavy atom. The number of carbonyl (C=O) groups is 1. The number of rotatable bonds is 6. The van der Waals surface area contributed by atoms with E-state index in [2.05, 4.69) is 18.8 Å². The van der Waals surface area contributed by atoms with Crippen LogP contribution in [-0.4, -0.2) is 18.6 Å². The molecular formula is C22H32FNO2. The lowest BCUT2D eigenvalue weighted by molar-refractivity contribution is -0.159. The molecule has 0 aliphatic heterocycles. The molecule has 1 saturated carbocycles. The summed E-state index contributed by atoms with van der Waals surface area (Å²) >= 11 is 0. The Labute approximate surface area is 157 Å². The first kappa shape index (κ1) is 20.6. The van der Waals surface area contributed by atoms with Gasteiger partial charge in [0.05, 0.1) is 12.5 Å². The molecule has 0 radical (unpaired) electrons. The largest absolute Gasteiger partial charge is 0.469 e. The van der Waals surface area contributed by atoms with E-state index in [4.69, 9.17) is 4.74 Å². The molecule has 3 atom stereocenters. The van der Waals surface area contributed by atoms with E-state index in [1.165, 1.54) is 19.2 Å². The minimum Gasteiger partial charge on any atom is -0.469 e. The molecule has 2 rings (SSSR count). The smallest absolute Gasteiger partial charge is 0.313 e. The van der Waals surface area contributed by atoms with Gasteiger partial charge < -0.3 is 10.1 Å². The van der Waals surface area contributed by atoms with E-state index >= 15 is 0 Å². The molecule has 0 saturated heterocycles. The van der Waals surface area contributed by atoms with Gasteiger partial charge in [0.15, 0.2) is 0 Å². The fourth-order valence-corrected chi connectivity index (χ4v) is 4.14. The van der Waals surface area contributed by atoms with E-state index in [0.29, 0.717) is 12.5 Å². The van der Waals surface area contributed by atoms with Gasteiger partial charge in [0, 0.05) is 12.1 Å². The zero-order valence-electron chi connectivity index (χ0n) is 16.3. The number of ether oxygens (including phenoxy) is 1. The summed E-state index contributed by atoms with van der Waals surface area (Å²) in [4.78, 5) is 12.8. The van der Waals surface area contributed by atoms with Crippen molar-refractivity contribution in [3.63, 3.8) is 0 Å². The molecule has 3 nitrogen and oxygen atoms in total. The highest BCUT2D eigenvalue weighted by Crippen LogP contribution is 2.44. The summed E-state index contributed by atoms with van der Waals surface area (Å²) in [6, 6.07) is 6.50. The van der Waals surface area contributed by atoms with Crippen molar-refractivity contribution in [3.8, 4) is 0 Å². The highest BCUT2D eigenvalue weighted by molar-refractivity contribution is 5.78. The van der Waals surface area contributed by atoms with Crippen molar-refractivity contribution in [2.45, 2.75) is 64.5 Å². The maximum atomic E-state index is 13.1. The zero-order chi connectivity index (χ0) is 19.2. The Balaban J connectivity index is 2.21. The minimum atomic E-state index is -0.610. The average Bonchev–Trinajstić information content (AvgIpc) is 2.63. The van der Waals surface area contributed by atoms with Crippen molar-refractivity contribution in [1.29, 1.82) is 0 Å². The van der Waals surface area contributed by atoms with Crippen LogP contribution in [0.25, 0.3) is 0 Å². The third-order valence-electron chi connectivity index (χ3n) is 6.29. The van der Waals surface area contributed by atoms with Gasteiger partial charge in [-0.25, -0.2) is 4.39 Å². The van der Waals surface area contributed by atoms with Gasteiger partial charge in [-0.2, -0.15) is 0 Å². The molecule has 2 unspecified atom stereocenters. The van der Waals surface area contributed by atoms with Crippen molar-refractivity contribution in [1.82, 2.24) is 5.32 Å². The van der Waals surface area contributed by atoms with Crippen molar-refractivity contribution < 1.29 is 13.9 Å². The summed E-state index contributed by atoms with van der Waals surface area (Å²) in [5.41, 5.74) is 0.0151. The van der Waals surface area contributed by atoms with Crippen LogP contribution in [-0.2, 0) is 16.1 Å². The van der Waals surface area contributed by atoms with E-state index in [1.54, 1.807) is 12.1 Å². The summed E-state index contributed by atoms with van der Waals surface area (Å²) < 4.78 is 18.3. The maximum Gasteiger partial charge on any atom is 0.313 e. The monoisotopic (exact) mass is 361 g/mol. The second-order valence-corrected chi connectivity index (χ2v) is 7.96. The Morgan fingerprint density at radius 3 is 2.62 bits per heavy atom. The molecule has 4 heteroatoms. The number of allylic oxidation sites excluding steroid dienone is 1. The number of hydrogen-bond donors (Lipinski definition) is 1. The molecular weight excluding hydrogens is 329 g/mol. The summed E-state index contributed by atoms with van der Waals surface area (Å²) in [5.74, 6) is 0.183. The van der Waals surface area contributed by atoms with Gasteiger partial charge in [0.2, 0.25) is 0 Å². The molecule has 1 aliphatic carbocycles. The second-order valence-electron chi connectivity index (χ2n) is 7.96. The van der Waals surface area contributed by atoms with Crippen LogP contribution in [0.4, 0.5) is 4.39 Å². The fraction of sp³-hybridized carbons (Fsp3) is 0.591. The van der Waals surface area contributed by atoms with Crippen LogP contribution in [0.15, 0.2) is 36.9 Å². The van der Waals surface area contributed by atoms with Gasteiger partial charge in [-0.05, 0) is 63.1 Å². The van der Waals surface area contributed by atoms with Gasteiger partial charge >= 0.3 is 5.97 Å². The van der Waals surface area contributed by atoms with Crippen molar-refractivity contribution in [2.75, 3.05) is 7.11 Å². The molecule has 0 spiro atoms. The fourth-order valence-electron chi connectivity index (χ4n) is 4.14. The Kier molecular flexibility index (Phi) is 6.99. The molecule has 0 heterocycles. The summed E-state index contributed by atoms with van der Waals surface area (Å²) in [6.45, 7) is 8.61. The predicted molar refractivity (Wildman–Crippen MR) is 103 cm³/mol. The maximum absolute atomic E-state index is 13.1.